The number of nitrogens with one attached hydrogen (secondary N) is 2. The third kappa shape index (κ3) is 5.49. The van der Waals surface area contributed by atoms with Gasteiger partial charge in [-0.1, -0.05) is 23.7 Å². The zero-order chi connectivity index (χ0) is 16.7. The van der Waals surface area contributed by atoms with Gasteiger partial charge in [-0.15, -0.1) is 0 Å². The van der Waals surface area contributed by atoms with E-state index in [0.717, 1.165) is 29.0 Å². The maximum Gasteiger partial charge on any atom is 0.239 e. The molecule has 0 aliphatic carbocycles. The quantitative estimate of drug-likeness (QED) is 0.816. The number of anilines is 1. The largest absolute Gasteiger partial charge is 0.497 e. The molecule has 0 fully saturated rings. The van der Waals surface area contributed by atoms with E-state index in [2.05, 4.69) is 10.6 Å². The molecule has 0 aromatic heterocycles. The molecule has 0 saturated heterocycles. The second-order valence-electron chi connectivity index (χ2n) is 5.26. The van der Waals surface area contributed by atoms with E-state index < -0.39 is 0 Å². The molecule has 2 rings (SSSR count). The van der Waals surface area contributed by atoms with Gasteiger partial charge in [0.15, 0.2) is 0 Å². The molecular weight excluding hydrogens is 312 g/mol. The molecule has 0 aliphatic rings. The lowest BCUT2D eigenvalue weighted by Crippen LogP contribution is -2.31. The lowest BCUT2D eigenvalue weighted by molar-refractivity contribution is -0.119. The SMILES string of the molecule is COc1ccc(CCNC(=O)CNc2ccc(Cl)cc2C)cc1. The maximum absolute atomic E-state index is 11.9. The lowest BCUT2D eigenvalue weighted by atomic mass is 10.1. The van der Waals surface area contributed by atoms with Crippen LogP contribution in [0.2, 0.25) is 5.02 Å². The summed E-state index contributed by atoms with van der Waals surface area (Å²) >= 11 is 5.91. The predicted molar refractivity (Wildman–Crippen MR) is 94.4 cm³/mol. The van der Waals surface area contributed by atoms with Crippen LogP contribution >= 0.6 is 11.6 Å². The summed E-state index contributed by atoms with van der Waals surface area (Å²) in [6, 6.07) is 13.4. The molecule has 122 valence electrons. The fraction of sp³-hybridized carbons (Fsp3) is 0.278. The van der Waals surface area contributed by atoms with Gasteiger partial charge in [0.2, 0.25) is 5.91 Å². The van der Waals surface area contributed by atoms with Crippen LogP contribution in [0.15, 0.2) is 42.5 Å². The Balaban J connectivity index is 1.72. The van der Waals surface area contributed by atoms with Crippen LogP contribution in [0.4, 0.5) is 5.69 Å². The topological polar surface area (TPSA) is 50.4 Å². The fourth-order valence-corrected chi connectivity index (χ4v) is 2.43. The van der Waals surface area contributed by atoms with Crippen molar-refractivity contribution in [3.8, 4) is 5.75 Å². The Kier molecular flexibility index (Phi) is 6.29. The summed E-state index contributed by atoms with van der Waals surface area (Å²) in [4.78, 5) is 11.9. The summed E-state index contributed by atoms with van der Waals surface area (Å²) < 4.78 is 5.12. The van der Waals surface area contributed by atoms with Crippen molar-refractivity contribution >= 4 is 23.2 Å². The number of halogens is 1. The monoisotopic (exact) mass is 332 g/mol. The lowest BCUT2D eigenvalue weighted by Gasteiger charge is -2.10. The highest BCUT2D eigenvalue weighted by molar-refractivity contribution is 6.30. The van der Waals surface area contributed by atoms with Gasteiger partial charge in [-0.2, -0.15) is 0 Å². The second kappa shape index (κ2) is 8.44. The zero-order valence-corrected chi connectivity index (χ0v) is 14.1. The van der Waals surface area contributed by atoms with Crippen molar-refractivity contribution in [3.63, 3.8) is 0 Å². The molecule has 5 heteroatoms. The predicted octanol–water partition coefficient (Wildman–Crippen LogP) is 3.43. The van der Waals surface area contributed by atoms with Gasteiger partial charge in [0, 0.05) is 17.3 Å². The molecule has 2 aromatic rings. The summed E-state index contributed by atoms with van der Waals surface area (Å²) in [7, 11) is 1.64. The molecule has 4 nitrogen and oxygen atoms in total. The Morgan fingerprint density at radius 2 is 1.91 bits per heavy atom. The van der Waals surface area contributed by atoms with E-state index in [9.17, 15) is 4.79 Å². The molecule has 1 amide bonds. The third-order valence-corrected chi connectivity index (χ3v) is 3.76. The third-order valence-electron chi connectivity index (χ3n) is 3.52. The van der Waals surface area contributed by atoms with Crippen molar-refractivity contribution < 1.29 is 9.53 Å². The number of benzene rings is 2. The Bertz CT molecular complexity index is 657. The minimum absolute atomic E-state index is 0.0344. The van der Waals surface area contributed by atoms with Gasteiger partial charge in [0.25, 0.3) is 0 Å². The van der Waals surface area contributed by atoms with Gasteiger partial charge in [0.05, 0.1) is 13.7 Å². The first-order valence-corrected chi connectivity index (χ1v) is 7.86. The van der Waals surface area contributed by atoms with Gasteiger partial charge in [-0.05, 0) is 54.8 Å². The average molecular weight is 333 g/mol. The molecule has 0 atom stereocenters. The molecule has 2 aromatic carbocycles. The Morgan fingerprint density at radius 1 is 1.17 bits per heavy atom. The summed E-state index contributed by atoms with van der Waals surface area (Å²) in [5.74, 6) is 0.799. The van der Waals surface area contributed by atoms with Crippen LogP contribution in [0.25, 0.3) is 0 Å². The van der Waals surface area contributed by atoms with Gasteiger partial charge >= 0.3 is 0 Å². The van der Waals surface area contributed by atoms with Crippen molar-refractivity contribution in [2.45, 2.75) is 13.3 Å². The van der Waals surface area contributed by atoms with E-state index in [0.29, 0.717) is 11.6 Å². The van der Waals surface area contributed by atoms with Gasteiger partial charge < -0.3 is 15.4 Å². The number of carbonyl (C=O) groups is 1. The minimum atomic E-state index is -0.0344. The van der Waals surface area contributed by atoms with E-state index in [1.807, 2.05) is 43.3 Å². The van der Waals surface area contributed by atoms with Crippen LogP contribution in [-0.2, 0) is 11.2 Å². The van der Waals surface area contributed by atoms with E-state index in [1.54, 1.807) is 13.2 Å². The molecular formula is C18H21ClN2O2. The Hall–Kier alpha value is -2.20. The van der Waals surface area contributed by atoms with Crippen LogP contribution < -0.4 is 15.4 Å². The van der Waals surface area contributed by atoms with E-state index >= 15 is 0 Å². The van der Waals surface area contributed by atoms with E-state index in [4.69, 9.17) is 16.3 Å². The molecule has 0 radical (unpaired) electrons. The van der Waals surface area contributed by atoms with Crippen LogP contribution in [-0.4, -0.2) is 26.1 Å². The number of methoxy groups -OCH3 is 1. The van der Waals surface area contributed by atoms with E-state index in [1.165, 1.54) is 0 Å². The number of hydrogen-bond donors (Lipinski definition) is 2. The van der Waals surface area contributed by atoms with Gasteiger partial charge in [-0.3, -0.25) is 4.79 Å². The number of aryl methyl sites for hydroxylation is 1. The number of hydrogen-bond acceptors (Lipinski definition) is 3. The molecule has 2 N–H and O–H groups in total. The molecule has 0 spiro atoms. The molecule has 0 bridgehead atoms. The van der Waals surface area contributed by atoms with Crippen molar-refractivity contribution in [1.82, 2.24) is 5.32 Å². The first-order chi connectivity index (χ1) is 11.1. The van der Waals surface area contributed by atoms with Crippen LogP contribution in [0, 0.1) is 6.92 Å². The summed E-state index contributed by atoms with van der Waals surface area (Å²) in [6.07, 6.45) is 0.787. The van der Waals surface area contributed by atoms with Crippen molar-refractivity contribution in [1.29, 1.82) is 0 Å². The second-order valence-corrected chi connectivity index (χ2v) is 5.70. The fourth-order valence-electron chi connectivity index (χ4n) is 2.20. The smallest absolute Gasteiger partial charge is 0.239 e. The highest BCUT2D eigenvalue weighted by atomic mass is 35.5. The normalized spacial score (nSPS) is 10.2. The molecule has 0 heterocycles. The molecule has 0 saturated carbocycles. The first kappa shape index (κ1) is 17.2. The van der Waals surface area contributed by atoms with E-state index in [-0.39, 0.29) is 12.5 Å². The Morgan fingerprint density at radius 3 is 2.57 bits per heavy atom. The highest BCUT2D eigenvalue weighted by Crippen LogP contribution is 2.19. The van der Waals surface area contributed by atoms with Gasteiger partial charge in [0.1, 0.15) is 5.75 Å². The summed E-state index contributed by atoms with van der Waals surface area (Å²) in [5.41, 5.74) is 3.09. The first-order valence-electron chi connectivity index (χ1n) is 7.48. The minimum Gasteiger partial charge on any atom is -0.497 e. The number of ether oxygens (including phenoxy) is 1. The maximum atomic E-state index is 11.9. The van der Waals surface area contributed by atoms with Crippen LogP contribution in [0.5, 0.6) is 5.75 Å². The van der Waals surface area contributed by atoms with Crippen molar-refractivity contribution in [3.05, 3.63) is 58.6 Å². The molecule has 0 aliphatic heterocycles. The van der Waals surface area contributed by atoms with Crippen molar-refractivity contribution in [2.75, 3.05) is 25.5 Å². The zero-order valence-electron chi connectivity index (χ0n) is 13.4. The molecule has 23 heavy (non-hydrogen) atoms. The van der Waals surface area contributed by atoms with Crippen LogP contribution in [0.3, 0.4) is 0 Å². The number of carbonyl (C=O) groups excluding carboxylic acids is 1. The van der Waals surface area contributed by atoms with Crippen LogP contribution in [0.1, 0.15) is 11.1 Å². The molecule has 0 unspecified atom stereocenters. The average Bonchev–Trinajstić information content (AvgIpc) is 2.54. The highest BCUT2D eigenvalue weighted by Gasteiger charge is 2.03. The number of amides is 1. The number of rotatable bonds is 7. The Labute approximate surface area is 141 Å². The van der Waals surface area contributed by atoms with Crippen molar-refractivity contribution in [2.24, 2.45) is 0 Å². The summed E-state index contributed by atoms with van der Waals surface area (Å²) in [5, 5.41) is 6.71. The van der Waals surface area contributed by atoms with Gasteiger partial charge in [-0.25, -0.2) is 0 Å². The summed E-state index contributed by atoms with van der Waals surface area (Å²) in [6.45, 7) is 2.80. The standard InChI is InChI=1S/C18H21ClN2O2/c1-13-11-15(19)5-8-17(13)21-12-18(22)20-10-9-14-3-6-16(23-2)7-4-14/h3-8,11,21H,9-10,12H2,1-2H3,(H,20,22).